The van der Waals surface area contributed by atoms with E-state index in [1.165, 1.54) is 0 Å². The summed E-state index contributed by atoms with van der Waals surface area (Å²) in [6, 6.07) is 11.0. The van der Waals surface area contributed by atoms with Crippen LogP contribution in [0.2, 0.25) is 0 Å². The van der Waals surface area contributed by atoms with Crippen LogP contribution in [-0.2, 0) is 4.79 Å². The Morgan fingerprint density at radius 1 is 1.27 bits per heavy atom. The molecule has 136 valence electrons. The monoisotopic (exact) mass is 353 g/mol. The molecule has 6 nitrogen and oxygen atoms in total. The lowest BCUT2D eigenvalue weighted by molar-refractivity contribution is -0.121. The van der Waals surface area contributed by atoms with E-state index in [4.69, 9.17) is 4.74 Å². The Labute approximate surface area is 153 Å². The molecule has 0 radical (unpaired) electrons. The Balaban J connectivity index is 1.77. The number of carbonyl (C=O) groups excluding carboxylic acids is 2. The number of hydrogen-bond donors (Lipinski definition) is 1. The van der Waals surface area contributed by atoms with Crippen LogP contribution in [0.1, 0.15) is 43.5 Å². The van der Waals surface area contributed by atoms with Crippen molar-refractivity contribution in [3.8, 4) is 11.6 Å². The topological polar surface area (TPSA) is 71.5 Å². The Bertz CT molecular complexity index is 806. The van der Waals surface area contributed by atoms with Crippen LogP contribution < -0.4 is 15.0 Å². The number of ether oxygens (including phenoxy) is 1. The van der Waals surface area contributed by atoms with Crippen molar-refractivity contribution in [2.24, 2.45) is 0 Å². The Morgan fingerprint density at radius 3 is 2.88 bits per heavy atom. The molecule has 1 aliphatic heterocycles. The largest absolute Gasteiger partial charge is 0.436 e. The predicted molar refractivity (Wildman–Crippen MR) is 99.6 cm³/mol. The summed E-state index contributed by atoms with van der Waals surface area (Å²) in [5, 5.41) is 2.95. The third kappa shape index (κ3) is 3.85. The van der Waals surface area contributed by atoms with Crippen LogP contribution in [0.3, 0.4) is 0 Å². The van der Waals surface area contributed by atoms with E-state index in [2.05, 4.69) is 10.3 Å². The number of fused-ring (bicyclic) bond motifs is 2. The number of rotatable bonds is 6. The highest BCUT2D eigenvalue weighted by atomic mass is 16.5. The van der Waals surface area contributed by atoms with Crippen LogP contribution in [0.4, 0.5) is 5.69 Å². The molecular formula is C20H23N3O3. The smallest absolute Gasteiger partial charge is 0.263 e. The van der Waals surface area contributed by atoms with E-state index in [1.54, 1.807) is 23.2 Å². The fourth-order valence-corrected chi connectivity index (χ4v) is 2.83. The van der Waals surface area contributed by atoms with Crippen molar-refractivity contribution in [3.05, 3.63) is 48.2 Å². The summed E-state index contributed by atoms with van der Waals surface area (Å²) in [4.78, 5) is 30.8. The van der Waals surface area contributed by atoms with Crippen LogP contribution in [0.25, 0.3) is 0 Å². The highest BCUT2D eigenvalue weighted by Crippen LogP contribution is 2.37. The average Bonchev–Trinajstić information content (AvgIpc) is 2.77. The van der Waals surface area contributed by atoms with E-state index in [9.17, 15) is 9.59 Å². The van der Waals surface area contributed by atoms with E-state index in [-0.39, 0.29) is 17.9 Å². The molecule has 0 aliphatic carbocycles. The molecule has 1 unspecified atom stereocenters. The van der Waals surface area contributed by atoms with Gasteiger partial charge in [0.1, 0.15) is 5.56 Å². The lowest BCUT2D eigenvalue weighted by Gasteiger charge is -2.22. The number of nitrogens with zero attached hydrogens (tertiary/aromatic N) is 2. The van der Waals surface area contributed by atoms with Gasteiger partial charge in [-0.3, -0.25) is 9.59 Å². The van der Waals surface area contributed by atoms with Gasteiger partial charge >= 0.3 is 0 Å². The lowest BCUT2D eigenvalue weighted by Crippen LogP contribution is -2.34. The second kappa shape index (κ2) is 7.99. The fraction of sp³-hybridized carbons (Fsp3) is 0.350. The zero-order valence-corrected chi connectivity index (χ0v) is 15.1. The summed E-state index contributed by atoms with van der Waals surface area (Å²) in [7, 11) is 0. The molecule has 2 aromatic rings. The second-order valence-electron chi connectivity index (χ2n) is 6.36. The first-order chi connectivity index (χ1) is 12.6. The molecule has 6 heteroatoms. The third-order valence-corrected chi connectivity index (χ3v) is 4.41. The molecule has 2 heterocycles. The maximum absolute atomic E-state index is 13.0. The van der Waals surface area contributed by atoms with Crippen LogP contribution in [-0.4, -0.2) is 29.4 Å². The van der Waals surface area contributed by atoms with Crippen molar-refractivity contribution in [2.75, 3.05) is 11.4 Å². The van der Waals surface area contributed by atoms with Crippen molar-refractivity contribution in [3.63, 3.8) is 0 Å². The van der Waals surface area contributed by atoms with Crippen molar-refractivity contribution >= 4 is 17.5 Å². The zero-order chi connectivity index (χ0) is 18.5. The Kier molecular flexibility index (Phi) is 5.51. The van der Waals surface area contributed by atoms with Gasteiger partial charge in [-0.25, -0.2) is 4.98 Å². The summed E-state index contributed by atoms with van der Waals surface area (Å²) in [5.74, 6) is 0.734. The first-order valence-electron chi connectivity index (χ1n) is 8.93. The van der Waals surface area contributed by atoms with E-state index in [0.717, 1.165) is 6.42 Å². The molecular weight excluding hydrogens is 330 g/mol. The highest BCUT2D eigenvalue weighted by Gasteiger charge is 2.28. The third-order valence-electron chi connectivity index (χ3n) is 4.41. The first kappa shape index (κ1) is 17.9. The number of pyridine rings is 1. The quantitative estimate of drug-likeness (QED) is 0.862. The van der Waals surface area contributed by atoms with Gasteiger partial charge in [0.25, 0.3) is 5.91 Å². The van der Waals surface area contributed by atoms with Gasteiger partial charge in [0, 0.05) is 25.2 Å². The molecule has 0 saturated carbocycles. The lowest BCUT2D eigenvalue weighted by atomic mass is 10.2. The number of aromatic nitrogens is 1. The number of hydrogen-bond acceptors (Lipinski definition) is 4. The van der Waals surface area contributed by atoms with Crippen molar-refractivity contribution in [1.29, 1.82) is 0 Å². The van der Waals surface area contributed by atoms with E-state index in [1.807, 2.05) is 38.1 Å². The Morgan fingerprint density at radius 2 is 2.08 bits per heavy atom. The average molecular weight is 353 g/mol. The SMILES string of the molecule is CCC(C)NC(=O)CCCN1C(=O)c2cccnc2Oc2ccccc21. The van der Waals surface area contributed by atoms with E-state index < -0.39 is 0 Å². The number of carbonyl (C=O) groups is 2. The van der Waals surface area contributed by atoms with Gasteiger partial charge < -0.3 is 15.0 Å². The summed E-state index contributed by atoms with van der Waals surface area (Å²) in [6.45, 7) is 4.44. The highest BCUT2D eigenvalue weighted by molar-refractivity contribution is 6.09. The van der Waals surface area contributed by atoms with Crippen molar-refractivity contribution < 1.29 is 14.3 Å². The minimum absolute atomic E-state index is 0.00761. The van der Waals surface area contributed by atoms with Gasteiger partial charge in [0.05, 0.1) is 5.69 Å². The Hall–Kier alpha value is -2.89. The molecule has 1 aromatic carbocycles. The van der Waals surface area contributed by atoms with Gasteiger partial charge in [-0.2, -0.15) is 0 Å². The maximum atomic E-state index is 13.0. The van der Waals surface area contributed by atoms with Crippen LogP contribution in [0.5, 0.6) is 11.6 Å². The van der Waals surface area contributed by atoms with Crippen molar-refractivity contribution in [2.45, 2.75) is 39.2 Å². The zero-order valence-electron chi connectivity index (χ0n) is 15.1. The molecule has 1 N–H and O–H groups in total. The normalized spacial score (nSPS) is 13.9. The van der Waals surface area contributed by atoms with Crippen molar-refractivity contribution in [1.82, 2.24) is 10.3 Å². The summed E-state index contributed by atoms with van der Waals surface area (Å²) >= 11 is 0. The van der Waals surface area contributed by atoms with Gasteiger partial charge in [-0.15, -0.1) is 0 Å². The summed E-state index contributed by atoms with van der Waals surface area (Å²) < 4.78 is 5.84. The maximum Gasteiger partial charge on any atom is 0.263 e. The van der Waals surface area contributed by atoms with Crippen LogP contribution in [0.15, 0.2) is 42.6 Å². The molecule has 3 rings (SSSR count). The molecule has 1 atom stereocenters. The number of amides is 2. The number of anilines is 1. The number of benzene rings is 1. The molecule has 0 spiro atoms. The first-order valence-corrected chi connectivity index (χ1v) is 8.93. The van der Waals surface area contributed by atoms with Gasteiger partial charge in [0.15, 0.2) is 5.75 Å². The van der Waals surface area contributed by atoms with Crippen LogP contribution >= 0.6 is 0 Å². The fourth-order valence-electron chi connectivity index (χ4n) is 2.83. The minimum Gasteiger partial charge on any atom is -0.436 e. The molecule has 0 fully saturated rings. The van der Waals surface area contributed by atoms with E-state index >= 15 is 0 Å². The molecule has 1 aliphatic rings. The standard InChI is InChI=1S/C20H23N3O3/c1-3-14(2)22-18(24)11-7-13-23-16-9-4-5-10-17(16)26-19-15(20(23)25)8-6-12-21-19/h4-6,8-10,12,14H,3,7,11,13H2,1-2H3,(H,22,24). The minimum atomic E-state index is -0.166. The van der Waals surface area contributed by atoms with Crippen LogP contribution in [0, 0.1) is 0 Å². The molecule has 1 aromatic heterocycles. The molecule has 0 bridgehead atoms. The van der Waals surface area contributed by atoms with E-state index in [0.29, 0.717) is 42.3 Å². The van der Waals surface area contributed by atoms with Gasteiger partial charge in [-0.1, -0.05) is 19.1 Å². The van der Waals surface area contributed by atoms with Gasteiger partial charge in [0.2, 0.25) is 11.8 Å². The number of para-hydroxylation sites is 2. The molecule has 26 heavy (non-hydrogen) atoms. The molecule has 2 amide bonds. The predicted octanol–water partition coefficient (Wildman–Crippen LogP) is 3.53. The second-order valence-corrected chi connectivity index (χ2v) is 6.36. The number of nitrogens with one attached hydrogen (secondary N) is 1. The van der Waals surface area contributed by atoms with Gasteiger partial charge in [-0.05, 0) is 44.0 Å². The summed E-state index contributed by atoms with van der Waals surface area (Å²) in [6.07, 6.45) is 3.43. The molecule has 0 saturated heterocycles. The summed E-state index contributed by atoms with van der Waals surface area (Å²) in [5.41, 5.74) is 1.12.